The van der Waals surface area contributed by atoms with E-state index in [1.807, 2.05) is 25.6 Å². The van der Waals surface area contributed by atoms with Crippen LogP contribution in [0.2, 0.25) is 0 Å². The zero-order chi connectivity index (χ0) is 21.3. The summed E-state index contributed by atoms with van der Waals surface area (Å²) in [5.41, 5.74) is -0.538. The molecule has 2 rings (SSSR count). The smallest absolute Gasteiger partial charge is 0.422 e. The Morgan fingerprint density at radius 3 is 2.61 bits per heavy atom. The average molecular weight is 421 g/mol. The molecule has 2 N–H and O–H groups in total. The molecule has 11 heteroatoms. The van der Waals surface area contributed by atoms with Crippen LogP contribution >= 0.6 is 0 Å². The molecule has 3 atom stereocenters. The molecule has 1 amide bonds. The van der Waals surface area contributed by atoms with Crippen molar-refractivity contribution in [3.05, 3.63) is 12.4 Å². The Kier molecular flexibility index (Phi) is 6.59. The molecule has 0 spiro atoms. The van der Waals surface area contributed by atoms with Crippen LogP contribution in [0.5, 0.6) is 0 Å². The summed E-state index contributed by atoms with van der Waals surface area (Å²) < 4.78 is 49.4. The van der Waals surface area contributed by atoms with Crippen molar-refractivity contribution < 1.29 is 27.2 Å². The fourth-order valence-electron chi connectivity index (χ4n) is 3.08. The number of anilines is 1. The lowest BCUT2D eigenvalue weighted by atomic mass is 10.2. The first-order chi connectivity index (χ1) is 12.8. The minimum absolute atomic E-state index is 0.0220. The normalized spacial score (nSPS) is 23.1. The second-order valence-corrected chi connectivity index (χ2v) is 10.1. The zero-order valence-corrected chi connectivity index (χ0v) is 18.1. The SMILES string of the molecule is CC(C)n1cc(N(C[C@@H]2C[C@@H](F)C[NH+]2C)S(=O)(=O)NC(=O)OC(C)(C)C)cn1. The summed E-state index contributed by atoms with van der Waals surface area (Å²) in [5, 5.41) is 4.18. The van der Waals surface area contributed by atoms with Gasteiger partial charge >= 0.3 is 16.3 Å². The van der Waals surface area contributed by atoms with Gasteiger partial charge in [0.15, 0.2) is 6.17 Å². The number of rotatable bonds is 6. The van der Waals surface area contributed by atoms with E-state index < -0.39 is 28.1 Å². The van der Waals surface area contributed by atoms with Crippen LogP contribution in [0.1, 0.15) is 47.1 Å². The second kappa shape index (κ2) is 8.24. The van der Waals surface area contributed by atoms with E-state index in [-0.39, 0.29) is 25.0 Å². The minimum Gasteiger partial charge on any atom is -0.443 e. The van der Waals surface area contributed by atoms with Crippen molar-refractivity contribution in [2.45, 2.75) is 64.9 Å². The number of nitrogens with one attached hydrogen (secondary N) is 2. The molecule has 0 aliphatic carbocycles. The average Bonchev–Trinajstić information content (AvgIpc) is 3.08. The topological polar surface area (TPSA) is 98.0 Å². The summed E-state index contributed by atoms with van der Waals surface area (Å²) >= 11 is 0. The molecule has 1 fully saturated rings. The van der Waals surface area contributed by atoms with Gasteiger partial charge in [-0.05, 0) is 34.6 Å². The van der Waals surface area contributed by atoms with Gasteiger partial charge < -0.3 is 9.64 Å². The predicted molar refractivity (Wildman–Crippen MR) is 103 cm³/mol. The number of nitrogens with zero attached hydrogens (tertiary/aromatic N) is 3. The quantitative estimate of drug-likeness (QED) is 0.705. The molecule has 1 aromatic rings. The summed E-state index contributed by atoms with van der Waals surface area (Å²) in [6.07, 6.45) is 1.22. The number of hydrogen-bond donors (Lipinski definition) is 2. The van der Waals surface area contributed by atoms with Crippen LogP contribution in [0.15, 0.2) is 12.4 Å². The molecule has 0 aromatic carbocycles. The number of halogens is 1. The molecule has 1 unspecified atom stereocenters. The molecule has 2 heterocycles. The van der Waals surface area contributed by atoms with E-state index in [2.05, 4.69) is 5.10 Å². The second-order valence-electron chi connectivity index (χ2n) is 8.49. The van der Waals surface area contributed by atoms with Crippen LogP contribution in [0.25, 0.3) is 0 Å². The highest BCUT2D eigenvalue weighted by atomic mass is 32.2. The Morgan fingerprint density at radius 2 is 2.14 bits per heavy atom. The van der Waals surface area contributed by atoms with E-state index in [9.17, 15) is 17.6 Å². The van der Waals surface area contributed by atoms with E-state index in [0.29, 0.717) is 12.2 Å². The van der Waals surface area contributed by atoms with Gasteiger partial charge in [0.05, 0.1) is 25.5 Å². The summed E-state index contributed by atoms with van der Waals surface area (Å²) in [4.78, 5) is 13.0. The van der Waals surface area contributed by atoms with Gasteiger partial charge in [-0.2, -0.15) is 13.5 Å². The minimum atomic E-state index is -4.27. The van der Waals surface area contributed by atoms with Crippen molar-refractivity contribution in [1.29, 1.82) is 0 Å². The number of ether oxygens (including phenoxy) is 1. The molecule has 1 aromatic heterocycles. The first-order valence-electron chi connectivity index (χ1n) is 9.32. The highest BCUT2D eigenvalue weighted by Gasteiger charge is 2.38. The molecule has 160 valence electrons. The van der Waals surface area contributed by atoms with Gasteiger partial charge in [-0.3, -0.25) is 4.68 Å². The third-order valence-corrected chi connectivity index (χ3v) is 5.84. The lowest BCUT2D eigenvalue weighted by Gasteiger charge is -2.27. The summed E-state index contributed by atoms with van der Waals surface area (Å²) in [6, 6.07) is -0.209. The number of carbonyl (C=O) groups is 1. The molecule has 1 aliphatic heterocycles. The maximum absolute atomic E-state index is 13.8. The number of quaternary nitrogens is 1. The molecule has 0 saturated carbocycles. The van der Waals surface area contributed by atoms with Crippen molar-refractivity contribution >= 4 is 22.0 Å². The molecule has 1 aliphatic rings. The number of aromatic nitrogens is 2. The Balaban J connectivity index is 2.29. The first-order valence-corrected chi connectivity index (χ1v) is 10.8. The van der Waals surface area contributed by atoms with Crippen molar-refractivity contribution in [1.82, 2.24) is 14.5 Å². The van der Waals surface area contributed by atoms with E-state index in [1.165, 1.54) is 6.20 Å². The summed E-state index contributed by atoms with van der Waals surface area (Å²) in [6.45, 7) is 9.09. The van der Waals surface area contributed by atoms with Crippen molar-refractivity contribution in [3.8, 4) is 0 Å². The molecule has 1 saturated heterocycles. The van der Waals surface area contributed by atoms with Gasteiger partial charge in [0.1, 0.15) is 18.2 Å². The molecule has 0 radical (unpaired) electrons. The van der Waals surface area contributed by atoms with Gasteiger partial charge in [-0.1, -0.05) is 0 Å². The lowest BCUT2D eigenvalue weighted by Crippen LogP contribution is -3.11. The van der Waals surface area contributed by atoms with Gasteiger partial charge in [0, 0.05) is 18.7 Å². The van der Waals surface area contributed by atoms with E-state index in [4.69, 9.17) is 4.74 Å². The van der Waals surface area contributed by atoms with E-state index >= 15 is 0 Å². The van der Waals surface area contributed by atoms with Crippen LogP contribution < -0.4 is 13.9 Å². The fourth-order valence-corrected chi connectivity index (χ4v) is 4.19. The number of alkyl halides is 1. The summed E-state index contributed by atoms with van der Waals surface area (Å²) in [7, 11) is -2.44. The van der Waals surface area contributed by atoms with Crippen LogP contribution in [0, 0.1) is 0 Å². The zero-order valence-electron chi connectivity index (χ0n) is 17.3. The molecular weight excluding hydrogens is 389 g/mol. The van der Waals surface area contributed by atoms with Crippen LogP contribution in [0.3, 0.4) is 0 Å². The predicted octanol–water partition coefficient (Wildman–Crippen LogP) is 0.665. The number of amides is 1. The van der Waals surface area contributed by atoms with Crippen molar-refractivity contribution in [2.75, 3.05) is 24.4 Å². The number of hydrogen-bond acceptors (Lipinski definition) is 5. The lowest BCUT2D eigenvalue weighted by molar-refractivity contribution is -0.891. The number of carbonyl (C=O) groups excluding carboxylic acids is 1. The summed E-state index contributed by atoms with van der Waals surface area (Å²) in [5.74, 6) is 0. The standard InChI is InChI=1S/C17H30FN5O4S/c1-12(2)22-10-15(8-19-22)23(11-14-7-13(18)9-21(14)6)28(25,26)20-16(24)27-17(3,4)5/h8,10,12-14H,7,9,11H2,1-6H3,(H,20,24)/p+1/t13-,14+/m1/s1. The fraction of sp³-hybridized carbons (Fsp3) is 0.765. The number of likely N-dealkylation sites (tertiary alicyclic amines) is 1. The maximum atomic E-state index is 13.8. The largest absolute Gasteiger partial charge is 0.443 e. The van der Waals surface area contributed by atoms with Crippen molar-refractivity contribution in [2.24, 2.45) is 0 Å². The monoisotopic (exact) mass is 420 g/mol. The van der Waals surface area contributed by atoms with Gasteiger partial charge in [0.25, 0.3) is 0 Å². The third kappa shape index (κ3) is 5.81. The first kappa shape index (κ1) is 22.4. The number of likely N-dealkylation sites (N-methyl/N-ethyl adjacent to an activating group) is 1. The molecular formula is C17H31FN5O4S+. The van der Waals surface area contributed by atoms with E-state index in [1.54, 1.807) is 31.6 Å². The third-order valence-electron chi connectivity index (χ3n) is 4.47. The van der Waals surface area contributed by atoms with E-state index in [0.717, 1.165) is 9.21 Å². The highest BCUT2D eigenvalue weighted by Crippen LogP contribution is 2.21. The highest BCUT2D eigenvalue weighted by molar-refractivity contribution is 7.91. The maximum Gasteiger partial charge on any atom is 0.422 e. The molecule has 28 heavy (non-hydrogen) atoms. The Labute approximate surface area is 166 Å². The van der Waals surface area contributed by atoms with Gasteiger partial charge in [-0.15, -0.1) is 0 Å². The Hall–Kier alpha value is -1.88. The molecule has 0 bridgehead atoms. The van der Waals surface area contributed by atoms with Crippen LogP contribution in [0.4, 0.5) is 14.9 Å². The Morgan fingerprint density at radius 1 is 1.50 bits per heavy atom. The Bertz CT molecular complexity index is 790. The van der Waals surface area contributed by atoms with Crippen LogP contribution in [-0.4, -0.2) is 62.2 Å². The molecule has 9 nitrogen and oxygen atoms in total. The van der Waals surface area contributed by atoms with Crippen molar-refractivity contribution in [3.63, 3.8) is 0 Å². The van der Waals surface area contributed by atoms with Gasteiger partial charge in [-0.25, -0.2) is 18.2 Å². The van der Waals surface area contributed by atoms with Crippen LogP contribution in [-0.2, 0) is 14.9 Å². The van der Waals surface area contributed by atoms with Gasteiger partial charge in [0.2, 0.25) is 0 Å².